The molecule has 0 aromatic rings. The van der Waals surface area contributed by atoms with Crippen molar-refractivity contribution in [3.8, 4) is 0 Å². The van der Waals surface area contributed by atoms with E-state index in [1.807, 2.05) is 0 Å². The Balaban J connectivity index is 4.66. The van der Waals surface area contributed by atoms with Gasteiger partial charge in [0.1, 0.15) is 5.76 Å². The lowest BCUT2D eigenvalue weighted by atomic mass is 10.1. The van der Waals surface area contributed by atoms with Crippen LogP contribution in [0.3, 0.4) is 0 Å². The molecule has 0 aliphatic carbocycles. The zero-order valence-corrected chi connectivity index (χ0v) is 7.70. The van der Waals surface area contributed by atoms with Crippen molar-refractivity contribution in [3.05, 3.63) is 23.6 Å². The molecule has 68 valence electrons. The van der Waals surface area contributed by atoms with Crippen molar-refractivity contribution in [2.75, 3.05) is 0 Å². The van der Waals surface area contributed by atoms with E-state index in [1.54, 1.807) is 27.0 Å². The number of rotatable bonds is 3. The fourth-order valence-corrected chi connectivity index (χ4v) is 0.685. The largest absolute Gasteiger partial charge is 0.506 e. The van der Waals surface area contributed by atoms with Gasteiger partial charge in [0.05, 0.1) is 11.8 Å². The van der Waals surface area contributed by atoms with Gasteiger partial charge in [0, 0.05) is 11.8 Å². The Morgan fingerprint density at radius 3 is 2.42 bits per heavy atom. The van der Waals surface area contributed by atoms with Crippen LogP contribution in [0.25, 0.3) is 0 Å². The molecule has 0 aromatic heterocycles. The third-order valence-corrected chi connectivity index (χ3v) is 1.47. The van der Waals surface area contributed by atoms with Gasteiger partial charge >= 0.3 is 0 Å². The zero-order valence-electron chi connectivity index (χ0n) is 7.70. The number of allylic oxidation sites excluding steroid dienone is 1. The van der Waals surface area contributed by atoms with Gasteiger partial charge in [-0.3, -0.25) is 4.99 Å². The Kier molecular flexibility index (Phi) is 4.29. The van der Waals surface area contributed by atoms with Crippen LogP contribution in [-0.4, -0.2) is 22.5 Å². The second kappa shape index (κ2) is 4.72. The number of hydrogen-bond donors (Lipinski definition) is 2. The van der Waals surface area contributed by atoms with E-state index in [9.17, 15) is 5.11 Å². The average Bonchev–Trinajstić information content (AvgIpc) is 2.02. The predicted octanol–water partition coefficient (Wildman–Crippen LogP) is 1.80. The monoisotopic (exact) mass is 169 g/mol. The van der Waals surface area contributed by atoms with Gasteiger partial charge < -0.3 is 10.2 Å². The lowest BCUT2D eigenvalue weighted by molar-refractivity contribution is 0.222. The minimum atomic E-state index is -0.744. The van der Waals surface area contributed by atoms with E-state index in [1.165, 1.54) is 0 Å². The molecule has 0 rings (SSSR count). The maximum absolute atomic E-state index is 9.39. The highest BCUT2D eigenvalue weighted by Gasteiger charge is 2.08. The molecule has 0 aliphatic rings. The fourth-order valence-electron chi connectivity index (χ4n) is 0.685. The number of aliphatic imine (C=N–C) groups is 1. The second-order valence-electron chi connectivity index (χ2n) is 2.52. The van der Waals surface area contributed by atoms with Gasteiger partial charge in [0.25, 0.3) is 0 Å². The van der Waals surface area contributed by atoms with Gasteiger partial charge in [0.15, 0.2) is 0 Å². The highest BCUT2D eigenvalue weighted by molar-refractivity contribution is 5.55. The standard InChI is InChI=1S/C9H15NO2/c1-5-10-7(3)9(12)6(2)8(4)11/h5,8,11-12H,2H2,1,3-4H3/b9-7+,10-5?. The molecule has 1 unspecified atom stereocenters. The molecule has 0 aliphatic heterocycles. The van der Waals surface area contributed by atoms with Gasteiger partial charge in [-0.1, -0.05) is 6.58 Å². The van der Waals surface area contributed by atoms with Crippen LogP contribution in [0.15, 0.2) is 28.6 Å². The van der Waals surface area contributed by atoms with E-state index in [-0.39, 0.29) is 11.3 Å². The molecule has 3 nitrogen and oxygen atoms in total. The number of hydrogen-bond acceptors (Lipinski definition) is 3. The Morgan fingerprint density at radius 2 is 2.08 bits per heavy atom. The number of nitrogens with zero attached hydrogens (tertiary/aromatic N) is 1. The van der Waals surface area contributed by atoms with Crippen LogP contribution in [0.1, 0.15) is 20.8 Å². The van der Waals surface area contributed by atoms with Crippen molar-refractivity contribution >= 4 is 6.21 Å². The third kappa shape index (κ3) is 2.88. The minimum Gasteiger partial charge on any atom is -0.506 e. The highest BCUT2D eigenvalue weighted by atomic mass is 16.3. The van der Waals surface area contributed by atoms with Crippen molar-refractivity contribution in [3.63, 3.8) is 0 Å². The van der Waals surface area contributed by atoms with Crippen molar-refractivity contribution in [1.82, 2.24) is 0 Å². The van der Waals surface area contributed by atoms with E-state index in [0.717, 1.165) is 0 Å². The van der Waals surface area contributed by atoms with E-state index in [2.05, 4.69) is 11.6 Å². The second-order valence-corrected chi connectivity index (χ2v) is 2.52. The summed E-state index contributed by atoms with van der Waals surface area (Å²) in [7, 11) is 0. The van der Waals surface area contributed by atoms with E-state index in [4.69, 9.17) is 5.11 Å². The highest BCUT2D eigenvalue weighted by Crippen LogP contribution is 2.13. The molecule has 0 bridgehead atoms. The summed E-state index contributed by atoms with van der Waals surface area (Å²) < 4.78 is 0. The summed E-state index contributed by atoms with van der Waals surface area (Å²) in [6, 6.07) is 0. The Labute approximate surface area is 72.8 Å². The van der Waals surface area contributed by atoms with Crippen LogP contribution in [0, 0.1) is 0 Å². The normalized spacial score (nSPS) is 16.0. The molecule has 0 fully saturated rings. The Hall–Kier alpha value is -1.09. The summed E-state index contributed by atoms with van der Waals surface area (Å²) in [5.41, 5.74) is 0.751. The molecule has 1 atom stereocenters. The summed E-state index contributed by atoms with van der Waals surface area (Å²) >= 11 is 0. The van der Waals surface area contributed by atoms with E-state index >= 15 is 0 Å². The van der Waals surface area contributed by atoms with E-state index < -0.39 is 6.10 Å². The molecule has 0 saturated carbocycles. The smallest absolute Gasteiger partial charge is 0.141 e. The third-order valence-electron chi connectivity index (χ3n) is 1.47. The first-order valence-electron chi connectivity index (χ1n) is 3.76. The first-order valence-corrected chi connectivity index (χ1v) is 3.76. The molecular formula is C9H15NO2. The summed E-state index contributed by atoms with van der Waals surface area (Å²) in [4.78, 5) is 3.86. The number of aliphatic hydroxyl groups is 2. The lowest BCUT2D eigenvalue weighted by Gasteiger charge is -2.08. The summed E-state index contributed by atoms with van der Waals surface area (Å²) in [6.45, 7) is 8.48. The van der Waals surface area contributed by atoms with Crippen LogP contribution in [-0.2, 0) is 0 Å². The molecule has 0 radical (unpaired) electrons. The predicted molar refractivity (Wildman–Crippen MR) is 50.3 cm³/mol. The van der Waals surface area contributed by atoms with Gasteiger partial charge in [-0.15, -0.1) is 0 Å². The first-order chi connectivity index (χ1) is 5.50. The van der Waals surface area contributed by atoms with Crippen molar-refractivity contribution < 1.29 is 10.2 Å². The first kappa shape index (κ1) is 10.9. The molecule has 3 heteroatoms. The minimum absolute atomic E-state index is 0.0388. The van der Waals surface area contributed by atoms with Crippen LogP contribution >= 0.6 is 0 Å². The van der Waals surface area contributed by atoms with Crippen LogP contribution in [0.4, 0.5) is 0 Å². The molecule has 0 heterocycles. The quantitative estimate of drug-likeness (QED) is 0.384. The summed E-state index contributed by atoms with van der Waals surface area (Å²) in [5, 5.41) is 18.5. The number of aliphatic hydroxyl groups excluding tert-OH is 2. The molecule has 2 N–H and O–H groups in total. The molecule has 12 heavy (non-hydrogen) atoms. The molecule has 0 saturated heterocycles. The Morgan fingerprint density at radius 1 is 1.58 bits per heavy atom. The van der Waals surface area contributed by atoms with Crippen molar-refractivity contribution in [2.45, 2.75) is 26.9 Å². The van der Waals surface area contributed by atoms with Gasteiger partial charge in [-0.2, -0.15) is 0 Å². The average molecular weight is 169 g/mol. The zero-order chi connectivity index (χ0) is 9.72. The van der Waals surface area contributed by atoms with Gasteiger partial charge in [0.2, 0.25) is 0 Å². The molecule has 0 spiro atoms. The van der Waals surface area contributed by atoms with Crippen molar-refractivity contribution in [1.29, 1.82) is 0 Å². The maximum atomic E-state index is 9.39. The van der Waals surface area contributed by atoms with Crippen molar-refractivity contribution in [2.24, 2.45) is 4.99 Å². The van der Waals surface area contributed by atoms with Crippen LogP contribution < -0.4 is 0 Å². The fraction of sp³-hybridized carbons (Fsp3) is 0.444. The lowest BCUT2D eigenvalue weighted by Crippen LogP contribution is -2.06. The van der Waals surface area contributed by atoms with Crippen LogP contribution in [0.2, 0.25) is 0 Å². The van der Waals surface area contributed by atoms with E-state index in [0.29, 0.717) is 5.70 Å². The van der Waals surface area contributed by atoms with Gasteiger partial charge in [-0.25, -0.2) is 0 Å². The molecule has 0 aromatic carbocycles. The Bertz CT molecular complexity index is 227. The van der Waals surface area contributed by atoms with Crippen LogP contribution in [0.5, 0.6) is 0 Å². The van der Waals surface area contributed by atoms with Gasteiger partial charge in [-0.05, 0) is 20.8 Å². The summed E-state index contributed by atoms with van der Waals surface area (Å²) in [5.74, 6) is -0.0388. The maximum Gasteiger partial charge on any atom is 0.141 e. The molecular weight excluding hydrogens is 154 g/mol. The molecule has 0 amide bonds. The summed E-state index contributed by atoms with van der Waals surface area (Å²) in [6.07, 6.45) is 0.827. The SMILES string of the molecule is C=C(/C(O)=C(/C)N=CC)C(C)O. The topological polar surface area (TPSA) is 52.8 Å².